The fourth-order valence-corrected chi connectivity index (χ4v) is 2.40. The molecule has 1 fully saturated rings. The normalized spacial score (nSPS) is 22.0. The van der Waals surface area contributed by atoms with Crippen molar-refractivity contribution in [2.75, 3.05) is 13.1 Å². The molecule has 0 bridgehead atoms. The van der Waals surface area contributed by atoms with Gasteiger partial charge in [-0.05, 0) is 37.5 Å². The summed E-state index contributed by atoms with van der Waals surface area (Å²) in [6.45, 7) is 3.91. The van der Waals surface area contributed by atoms with E-state index in [1.165, 1.54) is 11.0 Å². The predicted molar refractivity (Wildman–Crippen MR) is 74.8 cm³/mol. The van der Waals surface area contributed by atoms with Crippen LogP contribution in [0.3, 0.4) is 0 Å². The number of carbonyl (C=O) groups excluding carboxylic acids is 1. The van der Waals surface area contributed by atoms with E-state index in [9.17, 15) is 18.0 Å². The summed E-state index contributed by atoms with van der Waals surface area (Å²) in [4.78, 5) is 13.4. The quantitative estimate of drug-likeness (QED) is 0.746. The molecule has 2 rings (SSSR count). The van der Waals surface area contributed by atoms with Gasteiger partial charge in [-0.2, -0.15) is 13.2 Å². The first-order valence-corrected chi connectivity index (χ1v) is 6.85. The minimum absolute atomic E-state index is 0.194. The number of rotatable bonds is 1. The SMILES string of the molecule is CC#CC(=O)N1CC(C)OC(c2cccc(C(F)(F)F)c2)C1. The third-order valence-corrected chi connectivity index (χ3v) is 3.37. The van der Waals surface area contributed by atoms with E-state index >= 15 is 0 Å². The van der Waals surface area contributed by atoms with Gasteiger partial charge in [-0.3, -0.25) is 4.79 Å². The minimum atomic E-state index is -4.40. The van der Waals surface area contributed by atoms with E-state index in [0.717, 1.165) is 12.1 Å². The van der Waals surface area contributed by atoms with Crippen LogP contribution in [0, 0.1) is 11.8 Å². The molecule has 2 unspecified atom stereocenters. The van der Waals surface area contributed by atoms with Crippen LogP contribution in [0.25, 0.3) is 0 Å². The van der Waals surface area contributed by atoms with Gasteiger partial charge in [0.25, 0.3) is 5.91 Å². The molecule has 0 spiro atoms. The van der Waals surface area contributed by atoms with Crippen LogP contribution in [0.15, 0.2) is 24.3 Å². The van der Waals surface area contributed by atoms with Crippen molar-refractivity contribution in [3.63, 3.8) is 0 Å². The number of hydrogen-bond acceptors (Lipinski definition) is 2. The highest BCUT2D eigenvalue weighted by atomic mass is 19.4. The molecule has 22 heavy (non-hydrogen) atoms. The summed E-state index contributed by atoms with van der Waals surface area (Å²) in [7, 11) is 0. The summed E-state index contributed by atoms with van der Waals surface area (Å²) < 4.78 is 44.1. The van der Waals surface area contributed by atoms with E-state index in [2.05, 4.69) is 11.8 Å². The van der Waals surface area contributed by atoms with Crippen LogP contribution in [-0.2, 0) is 15.7 Å². The zero-order chi connectivity index (χ0) is 16.3. The predicted octanol–water partition coefficient (Wildman–Crippen LogP) is 3.02. The van der Waals surface area contributed by atoms with Crippen LogP contribution in [-0.4, -0.2) is 30.0 Å². The zero-order valence-electron chi connectivity index (χ0n) is 12.3. The first-order chi connectivity index (χ1) is 10.3. The lowest BCUT2D eigenvalue weighted by atomic mass is 10.0. The van der Waals surface area contributed by atoms with E-state index in [1.54, 1.807) is 19.9 Å². The molecular weight excluding hydrogens is 295 g/mol. The summed E-state index contributed by atoms with van der Waals surface area (Å²) in [5.74, 6) is 4.64. The Bertz CT molecular complexity index is 616. The highest BCUT2D eigenvalue weighted by molar-refractivity contribution is 5.93. The molecule has 6 heteroatoms. The maximum atomic E-state index is 12.8. The molecule has 1 aliphatic heterocycles. The van der Waals surface area contributed by atoms with Crippen molar-refractivity contribution < 1.29 is 22.7 Å². The molecule has 0 saturated carbocycles. The lowest BCUT2D eigenvalue weighted by molar-refractivity contribution is -0.140. The van der Waals surface area contributed by atoms with Crippen LogP contribution < -0.4 is 0 Å². The highest BCUT2D eigenvalue weighted by Gasteiger charge is 2.33. The number of carbonyl (C=O) groups is 1. The molecule has 0 aliphatic carbocycles. The summed E-state index contributed by atoms with van der Waals surface area (Å²) in [5, 5.41) is 0. The van der Waals surface area contributed by atoms with Gasteiger partial charge >= 0.3 is 6.18 Å². The van der Waals surface area contributed by atoms with Gasteiger partial charge in [0.2, 0.25) is 0 Å². The van der Waals surface area contributed by atoms with E-state index in [4.69, 9.17) is 4.74 Å². The average molecular weight is 311 g/mol. The van der Waals surface area contributed by atoms with Gasteiger partial charge in [0.15, 0.2) is 0 Å². The Hall–Kier alpha value is -2.00. The number of nitrogens with zero attached hydrogens (tertiary/aromatic N) is 1. The van der Waals surface area contributed by atoms with Gasteiger partial charge < -0.3 is 9.64 Å². The van der Waals surface area contributed by atoms with Crippen LogP contribution >= 0.6 is 0 Å². The summed E-state index contributed by atoms with van der Waals surface area (Å²) in [6, 6.07) is 5.00. The van der Waals surface area contributed by atoms with Crippen molar-refractivity contribution in [1.82, 2.24) is 4.90 Å². The Morgan fingerprint density at radius 3 is 2.73 bits per heavy atom. The van der Waals surface area contributed by atoms with Crippen molar-refractivity contribution in [1.29, 1.82) is 0 Å². The van der Waals surface area contributed by atoms with E-state index in [-0.39, 0.29) is 18.6 Å². The molecular formula is C16H16F3NO2. The fourth-order valence-electron chi connectivity index (χ4n) is 2.40. The Morgan fingerprint density at radius 2 is 2.09 bits per heavy atom. The van der Waals surface area contributed by atoms with Crippen LogP contribution in [0.2, 0.25) is 0 Å². The molecule has 0 N–H and O–H groups in total. The minimum Gasteiger partial charge on any atom is -0.367 e. The number of ether oxygens (including phenoxy) is 1. The molecule has 1 aromatic rings. The third kappa shape index (κ3) is 3.80. The lowest BCUT2D eigenvalue weighted by Gasteiger charge is -2.36. The molecule has 3 nitrogen and oxygen atoms in total. The van der Waals surface area contributed by atoms with Crippen LogP contribution in [0.4, 0.5) is 13.2 Å². The smallest absolute Gasteiger partial charge is 0.367 e. The maximum Gasteiger partial charge on any atom is 0.416 e. The molecule has 1 aromatic carbocycles. The largest absolute Gasteiger partial charge is 0.416 e. The van der Waals surface area contributed by atoms with Gasteiger partial charge in [-0.25, -0.2) is 0 Å². The van der Waals surface area contributed by atoms with Gasteiger partial charge in [-0.15, -0.1) is 0 Å². The molecule has 1 amide bonds. The van der Waals surface area contributed by atoms with Gasteiger partial charge in [0.05, 0.1) is 18.2 Å². The third-order valence-electron chi connectivity index (χ3n) is 3.37. The number of alkyl halides is 3. The van der Waals surface area contributed by atoms with E-state index < -0.39 is 17.8 Å². The lowest BCUT2D eigenvalue weighted by Crippen LogP contribution is -2.45. The Balaban J connectivity index is 2.24. The van der Waals surface area contributed by atoms with Gasteiger partial charge in [0, 0.05) is 6.54 Å². The molecule has 0 radical (unpaired) electrons. The van der Waals surface area contributed by atoms with Crippen molar-refractivity contribution in [2.24, 2.45) is 0 Å². The van der Waals surface area contributed by atoms with Crippen molar-refractivity contribution in [3.8, 4) is 11.8 Å². The van der Waals surface area contributed by atoms with Gasteiger partial charge in [-0.1, -0.05) is 18.1 Å². The number of benzene rings is 1. The van der Waals surface area contributed by atoms with Crippen molar-refractivity contribution in [3.05, 3.63) is 35.4 Å². The maximum absolute atomic E-state index is 12.8. The van der Waals surface area contributed by atoms with Crippen LogP contribution in [0.1, 0.15) is 31.1 Å². The topological polar surface area (TPSA) is 29.5 Å². The molecule has 0 aromatic heterocycles. The molecule has 1 aliphatic rings. The van der Waals surface area contributed by atoms with Crippen molar-refractivity contribution in [2.45, 2.75) is 32.2 Å². The summed E-state index contributed by atoms with van der Waals surface area (Å²) in [6.07, 6.45) is -5.26. The van der Waals surface area contributed by atoms with Crippen molar-refractivity contribution >= 4 is 5.91 Å². The first-order valence-electron chi connectivity index (χ1n) is 6.85. The Kier molecular flexibility index (Phi) is 4.77. The number of amides is 1. The standard InChI is InChI=1S/C16H16F3NO2/c1-3-5-15(21)20-9-11(2)22-14(10-20)12-6-4-7-13(8-12)16(17,18)19/h4,6-8,11,14H,9-10H2,1-2H3. The van der Waals surface area contributed by atoms with E-state index in [0.29, 0.717) is 12.1 Å². The second-order valence-electron chi connectivity index (χ2n) is 5.14. The molecule has 118 valence electrons. The number of halogens is 3. The monoisotopic (exact) mass is 311 g/mol. The summed E-state index contributed by atoms with van der Waals surface area (Å²) in [5.41, 5.74) is -0.318. The molecule has 2 atom stereocenters. The average Bonchev–Trinajstić information content (AvgIpc) is 2.46. The second-order valence-corrected chi connectivity index (χ2v) is 5.14. The molecule has 1 heterocycles. The van der Waals surface area contributed by atoms with E-state index in [1.807, 2.05) is 0 Å². The number of morpholine rings is 1. The fraction of sp³-hybridized carbons (Fsp3) is 0.438. The zero-order valence-corrected chi connectivity index (χ0v) is 12.3. The Morgan fingerprint density at radius 1 is 1.36 bits per heavy atom. The Labute approximate surface area is 127 Å². The highest BCUT2D eigenvalue weighted by Crippen LogP contribution is 2.32. The summed E-state index contributed by atoms with van der Waals surface area (Å²) >= 11 is 0. The van der Waals surface area contributed by atoms with Gasteiger partial charge in [0.1, 0.15) is 6.10 Å². The molecule has 1 saturated heterocycles. The first kappa shape index (κ1) is 16.4. The number of hydrogen-bond donors (Lipinski definition) is 0. The van der Waals surface area contributed by atoms with Crippen LogP contribution in [0.5, 0.6) is 0 Å². The second kappa shape index (κ2) is 6.41.